The number of hydrogen-bond acceptors (Lipinski definition) is 4. The van der Waals surface area contributed by atoms with Crippen molar-refractivity contribution in [1.82, 2.24) is 4.90 Å². The van der Waals surface area contributed by atoms with Gasteiger partial charge in [-0.3, -0.25) is 0 Å². The van der Waals surface area contributed by atoms with E-state index in [9.17, 15) is 13.5 Å². The molecular weight excluding hydrogens is 238 g/mol. The number of aliphatic hydroxyl groups excluding tert-OH is 1. The topological polar surface area (TPSA) is 57.6 Å². The molecule has 1 unspecified atom stereocenters. The monoisotopic (exact) mass is 265 g/mol. The molecule has 0 aromatic heterocycles. The van der Waals surface area contributed by atoms with E-state index in [0.29, 0.717) is 12.8 Å². The van der Waals surface area contributed by atoms with Crippen molar-refractivity contribution in [3.63, 3.8) is 0 Å². The lowest BCUT2D eigenvalue weighted by Crippen LogP contribution is -2.27. The predicted octanol–water partition coefficient (Wildman–Crippen LogP) is 1.29. The fraction of sp³-hybridized carbons (Fsp3) is 1.00. The van der Waals surface area contributed by atoms with Gasteiger partial charge in [0.15, 0.2) is 0 Å². The van der Waals surface area contributed by atoms with Crippen molar-refractivity contribution in [2.45, 2.75) is 46.1 Å². The predicted molar refractivity (Wildman–Crippen MR) is 72.0 cm³/mol. The van der Waals surface area contributed by atoms with Crippen LogP contribution >= 0.6 is 0 Å². The number of nitrogens with zero attached hydrogens (tertiary/aromatic N) is 1. The lowest BCUT2D eigenvalue weighted by Gasteiger charge is -2.19. The van der Waals surface area contributed by atoms with Gasteiger partial charge in [0.25, 0.3) is 0 Å². The zero-order valence-corrected chi connectivity index (χ0v) is 12.2. The van der Waals surface area contributed by atoms with Crippen LogP contribution in [0.3, 0.4) is 0 Å². The third kappa shape index (κ3) is 8.57. The quantitative estimate of drug-likeness (QED) is 0.647. The lowest BCUT2D eigenvalue weighted by molar-refractivity contribution is 0.134. The van der Waals surface area contributed by atoms with E-state index in [2.05, 4.69) is 18.7 Å². The van der Waals surface area contributed by atoms with Gasteiger partial charge in [0, 0.05) is 12.3 Å². The largest absolute Gasteiger partial charge is 0.393 e. The van der Waals surface area contributed by atoms with Crippen LogP contribution in [0.4, 0.5) is 0 Å². The molecule has 0 aromatic carbocycles. The van der Waals surface area contributed by atoms with Gasteiger partial charge in [0.1, 0.15) is 9.84 Å². The van der Waals surface area contributed by atoms with Gasteiger partial charge < -0.3 is 10.0 Å². The van der Waals surface area contributed by atoms with E-state index in [1.807, 2.05) is 0 Å². The molecule has 0 aliphatic heterocycles. The van der Waals surface area contributed by atoms with Crippen LogP contribution in [-0.2, 0) is 9.84 Å². The first kappa shape index (κ1) is 16.9. The first-order chi connectivity index (χ1) is 7.95. The molecule has 0 spiro atoms. The summed E-state index contributed by atoms with van der Waals surface area (Å²) >= 11 is 0. The Bertz CT molecular complexity index is 273. The molecule has 1 N–H and O–H groups in total. The number of aliphatic hydroxyl groups is 1. The standard InChI is InChI=1S/C12H27NO3S/c1-4-13(5-2)10-9-12(14)8-7-11-17(15,16)6-3/h12,14H,4-11H2,1-3H3. The number of rotatable bonds is 10. The van der Waals surface area contributed by atoms with E-state index in [1.54, 1.807) is 6.92 Å². The van der Waals surface area contributed by atoms with Gasteiger partial charge >= 0.3 is 0 Å². The first-order valence-electron chi connectivity index (χ1n) is 6.56. The van der Waals surface area contributed by atoms with Crippen molar-refractivity contribution in [3.8, 4) is 0 Å². The maximum Gasteiger partial charge on any atom is 0.150 e. The van der Waals surface area contributed by atoms with Crippen molar-refractivity contribution in [2.75, 3.05) is 31.1 Å². The Morgan fingerprint density at radius 3 is 2.18 bits per heavy atom. The van der Waals surface area contributed by atoms with Crippen molar-refractivity contribution in [1.29, 1.82) is 0 Å². The molecule has 0 fully saturated rings. The lowest BCUT2D eigenvalue weighted by atomic mass is 10.1. The second-order valence-corrected chi connectivity index (χ2v) is 6.82. The van der Waals surface area contributed by atoms with Crippen molar-refractivity contribution >= 4 is 9.84 Å². The molecule has 17 heavy (non-hydrogen) atoms. The van der Waals surface area contributed by atoms with E-state index in [0.717, 1.165) is 26.1 Å². The molecule has 5 heteroatoms. The molecule has 0 amide bonds. The Hall–Kier alpha value is -0.130. The van der Waals surface area contributed by atoms with Gasteiger partial charge in [0.2, 0.25) is 0 Å². The fourth-order valence-corrected chi connectivity index (χ4v) is 2.59. The summed E-state index contributed by atoms with van der Waals surface area (Å²) < 4.78 is 22.5. The fourth-order valence-electron chi connectivity index (χ4n) is 1.70. The highest BCUT2D eigenvalue weighted by Gasteiger charge is 2.10. The highest BCUT2D eigenvalue weighted by molar-refractivity contribution is 7.91. The molecular formula is C12H27NO3S. The summed E-state index contributed by atoms with van der Waals surface area (Å²) in [6.45, 7) is 8.73. The third-order valence-corrected chi connectivity index (χ3v) is 4.90. The summed E-state index contributed by atoms with van der Waals surface area (Å²) in [4.78, 5) is 2.26. The molecule has 0 aliphatic carbocycles. The van der Waals surface area contributed by atoms with Crippen molar-refractivity contribution < 1.29 is 13.5 Å². The van der Waals surface area contributed by atoms with Crippen molar-refractivity contribution in [2.24, 2.45) is 0 Å². The molecule has 0 aliphatic rings. The van der Waals surface area contributed by atoms with Crippen LogP contribution in [-0.4, -0.2) is 55.7 Å². The summed E-state index contributed by atoms with van der Waals surface area (Å²) in [5, 5.41) is 9.74. The number of sulfone groups is 1. The minimum atomic E-state index is -2.88. The molecule has 1 atom stereocenters. The van der Waals surface area contributed by atoms with Crippen LogP contribution in [0.15, 0.2) is 0 Å². The minimum Gasteiger partial charge on any atom is -0.393 e. The molecule has 0 heterocycles. The van der Waals surface area contributed by atoms with Gasteiger partial charge in [-0.2, -0.15) is 0 Å². The molecule has 0 aromatic rings. The molecule has 0 radical (unpaired) electrons. The van der Waals surface area contributed by atoms with Crippen LogP contribution in [0.1, 0.15) is 40.0 Å². The van der Waals surface area contributed by atoms with E-state index < -0.39 is 9.84 Å². The van der Waals surface area contributed by atoms with Gasteiger partial charge in [-0.25, -0.2) is 8.42 Å². The summed E-state index contributed by atoms with van der Waals surface area (Å²) in [7, 11) is -2.88. The number of hydrogen-bond donors (Lipinski definition) is 1. The van der Waals surface area contributed by atoms with E-state index in [4.69, 9.17) is 0 Å². The summed E-state index contributed by atoms with van der Waals surface area (Å²) in [6.07, 6.45) is 1.51. The van der Waals surface area contributed by atoms with Gasteiger partial charge in [-0.05, 0) is 32.4 Å². The Kier molecular flexibility index (Phi) is 8.82. The maximum atomic E-state index is 11.2. The highest BCUT2D eigenvalue weighted by Crippen LogP contribution is 2.05. The van der Waals surface area contributed by atoms with Crippen LogP contribution < -0.4 is 0 Å². The normalized spacial score (nSPS) is 14.2. The molecule has 0 rings (SSSR count). The van der Waals surface area contributed by atoms with Gasteiger partial charge in [-0.1, -0.05) is 20.8 Å². The smallest absolute Gasteiger partial charge is 0.150 e. The first-order valence-corrected chi connectivity index (χ1v) is 8.38. The summed E-state index contributed by atoms with van der Waals surface area (Å²) in [6, 6.07) is 0. The van der Waals surface area contributed by atoms with Crippen LogP contribution in [0.25, 0.3) is 0 Å². The van der Waals surface area contributed by atoms with Gasteiger partial charge in [0.05, 0.1) is 11.9 Å². The Balaban J connectivity index is 3.70. The third-order valence-electron chi connectivity index (χ3n) is 3.11. The van der Waals surface area contributed by atoms with E-state index in [-0.39, 0.29) is 17.6 Å². The average Bonchev–Trinajstić information content (AvgIpc) is 2.30. The van der Waals surface area contributed by atoms with Crippen molar-refractivity contribution in [3.05, 3.63) is 0 Å². The molecule has 104 valence electrons. The maximum absolute atomic E-state index is 11.2. The van der Waals surface area contributed by atoms with Crippen LogP contribution in [0.2, 0.25) is 0 Å². The molecule has 0 bridgehead atoms. The molecule has 0 saturated carbocycles. The Morgan fingerprint density at radius 2 is 1.71 bits per heavy atom. The second-order valence-electron chi connectivity index (χ2n) is 4.35. The molecule has 0 saturated heterocycles. The zero-order valence-electron chi connectivity index (χ0n) is 11.4. The SMILES string of the molecule is CCN(CC)CCC(O)CCCS(=O)(=O)CC. The zero-order chi connectivity index (χ0) is 13.3. The molecule has 4 nitrogen and oxygen atoms in total. The summed E-state index contributed by atoms with van der Waals surface area (Å²) in [5.41, 5.74) is 0. The Labute approximate surface area is 106 Å². The summed E-state index contributed by atoms with van der Waals surface area (Å²) in [5.74, 6) is 0.397. The highest BCUT2D eigenvalue weighted by atomic mass is 32.2. The van der Waals surface area contributed by atoms with E-state index in [1.165, 1.54) is 0 Å². The van der Waals surface area contributed by atoms with E-state index >= 15 is 0 Å². The average molecular weight is 265 g/mol. The van der Waals surface area contributed by atoms with Crippen LogP contribution in [0, 0.1) is 0 Å². The Morgan fingerprint density at radius 1 is 1.12 bits per heavy atom. The minimum absolute atomic E-state index is 0.197. The van der Waals surface area contributed by atoms with Gasteiger partial charge in [-0.15, -0.1) is 0 Å². The second kappa shape index (κ2) is 8.89. The van der Waals surface area contributed by atoms with Crippen LogP contribution in [0.5, 0.6) is 0 Å².